The molecule has 3 heterocycles. The highest BCUT2D eigenvalue weighted by Crippen LogP contribution is 2.20. The first-order chi connectivity index (χ1) is 15.0. The number of nitrogens with two attached hydrogens (primary N) is 1. The van der Waals surface area contributed by atoms with Gasteiger partial charge in [0.1, 0.15) is 5.52 Å². The lowest BCUT2D eigenvalue weighted by Crippen LogP contribution is -2.37. The molecular weight excluding hydrogens is 400 g/mol. The van der Waals surface area contributed by atoms with E-state index in [1.807, 2.05) is 0 Å². The van der Waals surface area contributed by atoms with Crippen molar-refractivity contribution in [2.75, 3.05) is 39.1 Å². The molecule has 10 heteroatoms. The molecule has 1 saturated heterocycles. The third-order valence-electron chi connectivity index (χ3n) is 5.84. The number of hydrogen-bond donors (Lipinski definition) is 2. The summed E-state index contributed by atoms with van der Waals surface area (Å²) >= 11 is 0. The quantitative estimate of drug-likeness (QED) is 0.405. The van der Waals surface area contributed by atoms with Crippen LogP contribution < -0.4 is 16.2 Å². The van der Waals surface area contributed by atoms with Crippen molar-refractivity contribution in [3.8, 4) is 6.01 Å². The predicted octanol–water partition coefficient (Wildman–Crippen LogP) is 1.94. The number of nitrogens with zero attached hydrogens (tertiary/aromatic N) is 4. The molecule has 31 heavy (non-hydrogen) atoms. The van der Waals surface area contributed by atoms with E-state index in [0.29, 0.717) is 24.3 Å². The zero-order valence-electron chi connectivity index (χ0n) is 18.6. The summed E-state index contributed by atoms with van der Waals surface area (Å²) in [7, 11) is 1.45. The summed E-state index contributed by atoms with van der Waals surface area (Å²) in [6, 6.07) is 0.210. The Morgan fingerprint density at radius 3 is 2.61 bits per heavy atom. The number of methoxy groups -OCH3 is 1. The van der Waals surface area contributed by atoms with Crippen LogP contribution in [0.5, 0.6) is 6.01 Å². The number of imidazole rings is 1. The Hall–Kier alpha value is -2.62. The Bertz CT molecular complexity index is 916. The highest BCUT2D eigenvalue weighted by atomic mass is 16.5. The molecule has 0 spiro atoms. The molecule has 3 N–H and O–H groups in total. The number of rotatable bonds is 11. The fourth-order valence-corrected chi connectivity index (χ4v) is 3.95. The maximum absolute atomic E-state index is 12.4. The summed E-state index contributed by atoms with van der Waals surface area (Å²) in [4.78, 5) is 37.7. The van der Waals surface area contributed by atoms with Gasteiger partial charge in [-0.05, 0) is 51.7 Å². The summed E-state index contributed by atoms with van der Waals surface area (Å²) in [5, 5.41) is 0. The number of aromatic nitrogens is 4. The average Bonchev–Trinajstić information content (AvgIpc) is 3.09. The lowest BCUT2D eigenvalue weighted by molar-refractivity contribution is -0.147. The van der Waals surface area contributed by atoms with Gasteiger partial charge in [0.15, 0.2) is 11.5 Å². The third kappa shape index (κ3) is 5.96. The number of unbranched alkanes of at least 4 members (excludes halogenated alkanes) is 3. The molecule has 0 bridgehead atoms. The van der Waals surface area contributed by atoms with E-state index in [0.717, 1.165) is 64.6 Å². The van der Waals surface area contributed by atoms with Crippen molar-refractivity contribution in [3.05, 3.63) is 10.5 Å². The molecule has 10 nitrogen and oxygen atoms in total. The van der Waals surface area contributed by atoms with Crippen molar-refractivity contribution in [1.82, 2.24) is 24.4 Å². The molecule has 0 radical (unpaired) electrons. The zero-order valence-corrected chi connectivity index (χ0v) is 18.6. The van der Waals surface area contributed by atoms with Crippen molar-refractivity contribution < 1.29 is 14.3 Å². The minimum Gasteiger partial charge on any atom is -0.469 e. The van der Waals surface area contributed by atoms with Crippen LogP contribution in [0.2, 0.25) is 0 Å². The molecular formula is C21H34N6O4. The molecule has 0 aromatic carbocycles. The minimum atomic E-state index is -0.230. The number of piperidine rings is 1. The van der Waals surface area contributed by atoms with E-state index >= 15 is 0 Å². The number of nitrogen functional groups attached to an aromatic ring is 1. The number of ether oxygens (including phenoxy) is 2. The van der Waals surface area contributed by atoms with Crippen LogP contribution in [-0.4, -0.2) is 63.7 Å². The SMILES string of the molecule is CCCCOc1nc(N)c2[nH]c(=O)n(CCCCCN3CCC(C(=O)OC)CC3)c2n1. The maximum Gasteiger partial charge on any atom is 0.327 e. The highest BCUT2D eigenvalue weighted by molar-refractivity contribution is 5.81. The Labute approximate surface area is 182 Å². The Kier molecular flexibility index (Phi) is 8.27. The number of H-pyrrole nitrogens is 1. The molecule has 3 rings (SSSR count). The number of anilines is 1. The summed E-state index contributed by atoms with van der Waals surface area (Å²) in [5.74, 6) is 0.176. The number of nitrogens with one attached hydrogen (secondary N) is 1. The molecule has 1 aliphatic heterocycles. The Morgan fingerprint density at radius 2 is 1.90 bits per heavy atom. The molecule has 0 saturated carbocycles. The number of aryl methyl sites for hydroxylation is 1. The second-order valence-electron chi connectivity index (χ2n) is 8.07. The second-order valence-corrected chi connectivity index (χ2v) is 8.07. The molecule has 0 amide bonds. The van der Waals surface area contributed by atoms with Gasteiger partial charge >= 0.3 is 17.7 Å². The second kappa shape index (κ2) is 11.1. The molecule has 2 aromatic rings. The van der Waals surface area contributed by atoms with Gasteiger partial charge in [0, 0.05) is 6.54 Å². The molecule has 1 fully saturated rings. The summed E-state index contributed by atoms with van der Waals surface area (Å²) in [5.41, 5.74) is 6.71. The standard InChI is InChI=1S/C21H34N6O4/c1-3-4-14-31-20-24-17(22)16-18(25-20)27(21(29)23-16)11-7-5-6-10-26-12-8-15(9-13-26)19(28)30-2/h15H,3-14H2,1-2H3,(H,23,29)(H2,22,24,25). The smallest absolute Gasteiger partial charge is 0.327 e. The minimum absolute atomic E-state index is 0.0419. The van der Waals surface area contributed by atoms with Crippen LogP contribution in [0.3, 0.4) is 0 Å². The van der Waals surface area contributed by atoms with E-state index in [2.05, 4.69) is 26.8 Å². The van der Waals surface area contributed by atoms with E-state index < -0.39 is 0 Å². The van der Waals surface area contributed by atoms with Crippen LogP contribution in [-0.2, 0) is 16.1 Å². The number of fused-ring (bicyclic) bond motifs is 1. The lowest BCUT2D eigenvalue weighted by atomic mass is 9.97. The first-order valence-corrected chi connectivity index (χ1v) is 11.2. The number of esters is 1. The summed E-state index contributed by atoms with van der Waals surface area (Å²) in [6.45, 7) is 6.02. The third-order valence-corrected chi connectivity index (χ3v) is 5.84. The van der Waals surface area contributed by atoms with Gasteiger partial charge in [-0.1, -0.05) is 19.8 Å². The van der Waals surface area contributed by atoms with Gasteiger partial charge in [0.2, 0.25) is 0 Å². The van der Waals surface area contributed by atoms with Gasteiger partial charge in [-0.25, -0.2) is 4.79 Å². The zero-order chi connectivity index (χ0) is 22.2. The maximum atomic E-state index is 12.4. The highest BCUT2D eigenvalue weighted by Gasteiger charge is 2.25. The van der Waals surface area contributed by atoms with Gasteiger partial charge in [-0.15, -0.1) is 0 Å². The van der Waals surface area contributed by atoms with Crippen molar-refractivity contribution in [1.29, 1.82) is 0 Å². The van der Waals surface area contributed by atoms with Gasteiger partial charge in [-0.3, -0.25) is 9.36 Å². The van der Waals surface area contributed by atoms with Crippen LogP contribution in [0.1, 0.15) is 51.9 Å². The number of hydrogen-bond acceptors (Lipinski definition) is 8. The topological polar surface area (TPSA) is 128 Å². The van der Waals surface area contributed by atoms with Gasteiger partial charge in [-0.2, -0.15) is 9.97 Å². The Morgan fingerprint density at radius 1 is 1.16 bits per heavy atom. The molecule has 0 unspecified atom stereocenters. The largest absolute Gasteiger partial charge is 0.469 e. The molecule has 172 valence electrons. The van der Waals surface area contributed by atoms with E-state index in [1.165, 1.54) is 7.11 Å². The normalized spacial score (nSPS) is 15.4. The van der Waals surface area contributed by atoms with Crippen LogP contribution in [0, 0.1) is 5.92 Å². The summed E-state index contributed by atoms with van der Waals surface area (Å²) < 4.78 is 12.0. The van der Waals surface area contributed by atoms with Crippen LogP contribution in [0.4, 0.5) is 5.82 Å². The van der Waals surface area contributed by atoms with Crippen molar-refractivity contribution >= 4 is 23.0 Å². The van der Waals surface area contributed by atoms with Gasteiger partial charge in [0.05, 0.1) is 19.6 Å². The number of aromatic amines is 1. The van der Waals surface area contributed by atoms with E-state index in [-0.39, 0.29) is 29.4 Å². The van der Waals surface area contributed by atoms with Crippen molar-refractivity contribution in [2.24, 2.45) is 5.92 Å². The monoisotopic (exact) mass is 434 g/mol. The lowest BCUT2D eigenvalue weighted by Gasteiger charge is -2.30. The van der Waals surface area contributed by atoms with E-state index in [4.69, 9.17) is 15.2 Å². The number of likely N-dealkylation sites (tertiary alicyclic amines) is 1. The number of carbonyl (C=O) groups is 1. The fraction of sp³-hybridized carbons (Fsp3) is 0.714. The van der Waals surface area contributed by atoms with Gasteiger partial charge in [0.25, 0.3) is 0 Å². The van der Waals surface area contributed by atoms with Crippen LogP contribution in [0.25, 0.3) is 11.2 Å². The average molecular weight is 435 g/mol. The molecule has 0 aliphatic carbocycles. The van der Waals surface area contributed by atoms with Crippen LogP contribution >= 0.6 is 0 Å². The first kappa shape index (κ1) is 23.1. The number of carbonyl (C=O) groups excluding carboxylic acids is 1. The van der Waals surface area contributed by atoms with E-state index in [1.54, 1.807) is 4.57 Å². The van der Waals surface area contributed by atoms with Crippen LogP contribution in [0.15, 0.2) is 4.79 Å². The fourth-order valence-electron chi connectivity index (χ4n) is 3.95. The molecule has 0 atom stereocenters. The van der Waals surface area contributed by atoms with Gasteiger partial charge < -0.3 is 25.1 Å². The first-order valence-electron chi connectivity index (χ1n) is 11.2. The predicted molar refractivity (Wildman–Crippen MR) is 118 cm³/mol. The van der Waals surface area contributed by atoms with Crippen molar-refractivity contribution in [3.63, 3.8) is 0 Å². The molecule has 2 aromatic heterocycles. The van der Waals surface area contributed by atoms with E-state index in [9.17, 15) is 9.59 Å². The van der Waals surface area contributed by atoms with Crippen molar-refractivity contribution in [2.45, 2.75) is 58.4 Å². The summed E-state index contributed by atoms with van der Waals surface area (Å²) in [6.07, 6.45) is 6.54. The molecule has 1 aliphatic rings. The Balaban J connectivity index is 1.48.